The lowest BCUT2D eigenvalue weighted by Crippen LogP contribution is -1.93. The molecule has 0 atom stereocenters. The van der Waals surface area contributed by atoms with E-state index in [1.807, 2.05) is 0 Å². The summed E-state index contributed by atoms with van der Waals surface area (Å²) in [5.74, 6) is 0. The molecule has 0 aliphatic heterocycles. The summed E-state index contributed by atoms with van der Waals surface area (Å²) in [4.78, 5) is 22.9. The molecule has 0 saturated carbocycles. The molecule has 0 spiro atoms. The van der Waals surface area contributed by atoms with Crippen LogP contribution >= 0.6 is 12.2 Å². The summed E-state index contributed by atoms with van der Waals surface area (Å²) in [5, 5.41) is 10.3. The van der Waals surface area contributed by atoms with E-state index >= 15 is 0 Å². The first-order valence-corrected chi connectivity index (χ1v) is 3.92. The third-order valence-corrected chi connectivity index (χ3v) is 1.80. The second-order valence-electron chi connectivity index (χ2n) is 2.31. The van der Waals surface area contributed by atoms with Gasteiger partial charge in [-0.25, -0.2) is 4.79 Å². The van der Waals surface area contributed by atoms with Crippen LogP contribution < -0.4 is 0 Å². The Morgan fingerprint density at radius 2 is 2.00 bits per heavy atom. The van der Waals surface area contributed by atoms with Gasteiger partial charge in [0.15, 0.2) is 0 Å². The van der Waals surface area contributed by atoms with Crippen LogP contribution in [-0.2, 0) is 4.79 Å². The number of hydrogen-bond acceptors (Lipinski definition) is 4. The molecule has 0 unspecified atom stereocenters. The van der Waals surface area contributed by atoms with Crippen molar-refractivity contribution in [3.8, 4) is 0 Å². The first kappa shape index (κ1) is 10.2. The van der Waals surface area contributed by atoms with E-state index in [0.29, 0.717) is 5.56 Å². The number of carbonyl (C=O) groups excluding carboxylic acids is 1. The largest absolute Gasteiger partial charge is 0.269 e. The smallest absolute Gasteiger partial charge is 0.258 e. The van der Waals surface area contributed by atoms with Gasteiger partial charge in [-0.15, -0.1) is 0 Å². The van der Waals surface area contributed by atoms with E-state index in [9.17, 15) is 14.9 Å². The highest BCUT2D eigenvalue weighted by atomic mass is 32.1. The number of nitrogens with zero attached hydrogens (tertiary/aromatic N) is 2. The molecule has 0 bridgehead atoms. The quantitative estimate of drug-likeness (QED) is 0.243. The molecule has 0 fully saturated rings. The predicted molar refractivity (Wildman–Crippen MR) is 52.9 cm³/mol. The van der Waals surface area contributed by atoms with Crippen LogP contribution in [0.1, 0.15) is 5.56 Å². The van der Waals surface area contributed by atoms with Crippen molar-refractivity contribution in [1.82, 2.24) is 0 Å². The molecule has 14 heavy (non-hydrogen) atoms. The summed E-state index contributed by atoms with van der Waals surface area (Å²) in [6.07, 6.45) is 1.30. The second-order valence-corrected chi connectivity index (χ2v) is 2.70. The van der Waals surface area contributed by atoms with Crippen LogP contribution in [0, 0.1) is 10.1 Å². The Kier molecular flexibility index (Phi) is 3.17. The van der Waals surface area contributed by atoms with Crippen LogP contribution in [0.3, 0.4) is 0 Å². The van der Waals surface area contributed by atoms with E-state index < -0.39 is 4.92 Å². The van der Waals surface area contributed by atoms with Crippen LogP contribution in [0.5, 0.6) is 0 Å². The minimum atomic E-state index is -0.518. The Hall–Kier alpha value is -1.91. The summed E-state index contributed by atoms with van der Waals surface area (Å²) in [6, 6.07) is 5.45. The lowest BCUT2D eigenvalue weighted by molar-refractivity contribution is -0.384. The molecule has 0 heterocycles. The summed E-state index contributed by atoms with van der Waals surface area (Å²) < 4.78 is 0. The number of nitro benzene ring substituents is 1. The van der Waals surface area contributed by atoms with Gasteiger partial charge in [-0.05, 0) is 12.1 Å². The Morgan fingerprint density at radius 3 is 2.43 bits per heavy atom. The molecule has 70 valence electrons. The lowest BCUT2D eigenvalue weighted by atomic mass is 10.2. The van der Waals surface area contributed by atoms with Crippen molar-refractivity contribution >= 4 is 29.0 Å². The third-order valence-electron chi connectivity index (χ3n) is 1.47. The first-order valence-electron chi connectivity index (χ1n) is 3.52. The van der Waals surface area contributed by atoms with Crippen molar-refractivity contribution in [2.24, 2.45) is 4.99 Å². The zero-order chi connectivity index (χ0) is 10.6. The molecular formula is C8H4N2O3S. The number of nitro groups is 1. The average molecular weight is 208 g/mol. The van der Waals surface area contributed by atoms with Gasteiger partial charge in [-0.2, -0.15) is 4.99 Å². The van der Waals surface area contributed by atoms with Crippen molar-refractivity contribution in [3.05, 3.63) is 39.9 Å². The highest BCUT2D eigenvalue weighted by molar-refractivity contribution is 7.80. The summed E-state index contributed by atoms with van der Waals surface area (Å²) in [5.41, 5.74) is 0.445. The van der Waals surface area contributed by atoms with Gasteiger partial charge in [0.25, 0.3) is 5.69 Å². The monoisotopic (exact) mass is 208 g/mol. The van der Waals surface area contributed by atoms with Gasteiger partial charge >= 0.3 is 0 Å². The van der Waals surface area contributed by atoms with Gasteiger partial charge < -0.3 is 0 Å². The second kappa shape index (κ2) is 4.36. The van der Waals surface area contributed by atoms with Crippen molar-refractivity contribution in [2.45, 2.75) is 0 Å². The van der Waals surface area contributed by atoms with Gasteiger partial charge in [0.1, 0.15) is 4.99 Å². The molecule has 1 aromatic rings. The van der Waals surface area contributed by atoms with Gasteiger partial charge in [-0.1, -0.05) is 12.2 Å². The Balaban J connectivity index is 2.99. The van der Waals surface area contributed by atoms with E-state index in [0.717, 1.165) is 0 Å². The van der Waals surface area contributed by atoms with Gasteiger partial charge in [0, 0.05) is 17.7 Å². The molecule has 0 saturated heterocycles. The number of non-ortho nitro benzene ring substituents is 1. The van der Waals surface area contributed by atoms with Gasteiger partial charge in [-0.3, -0.25) is 10.1 Å². The van der Waals surface area contributed by atoms with Crippen LogP contribution in [0.2, 0.25) is 0 Å². The fourth-order valence-electron chi connectivity index (χ4n) is 0.832. The Morgan fingerprint density at radius 1 is 1.43 bits per heavy atom. The van der Waals surface area contributed by atoms with Crippen molar-refractivity contribution < 1.29 is 9.72 Å². The van der Waals surface area contributed by atoms with E-state index in [4.69, 9.17) is 12.2 Å². The molecule has 0 amide bonds. The van der Waals surface area contributed by atoms with Gasteiger partial charge in [0.2, 0.25) is 6.08 Å². The molecule has 5 nitrogen and oxygen atoms in total. The normalized spacial score (nSPS) is 8.86. The van der Waals surface area contributed by atoms with Crippen LogP contribution in [0.4, 0.5) is 5.69 Å². The van der Waals surface area contributed by atoms with Crippen LogP contribution in [0.25, 0.3) is 0 Å². The molecule has 1 rings (SSSR count). The fraction of sp³-hybridized carbons (Fsp3) is 0. The van der Waals surface area contributed by atoms with Crippen molar-refractivity contribution in [1.29, 1.82) is 0 Å². The van der Waals surface area contributed by atoms with Crippen LogP contribution in [-0.4, -0.2) is 16.0 Å². The molecule has 6 heteroatoms. The number of aliphatic imine (C=N–C) groups is 1. The third kappa shape index (κ3) is 2.29. The zero-order valence-electron chi connectivity index (χ0n) is 6.84. The van der Waals surface area contributed by atoms with Gasteiger partial charge in [0.05, 0.1) is 4.92 Å². The lowest BCUT2D eigenvalue weighted by Gasteiger charge is -1.95. The maximum absolute atomic E-state index is 10.3. The van der Waals surface area contributed by atoms with E-state index in [2.05, 4.69) is 4.99 Å². The summed E-state index contributed by atoms with van der Waals surface area (Å²) >= 11 is 4.73. The molecule has 0 aliphatic rings. The number of thiocarbonyl (C=S) groups is 1. The topological polar surface area (TPSA) is 72.6 Å². The minimum absolute atomic E-state index is 0.0355. The summed E-state index contributed by atoms with van der Waals surface area (Å²) in [6.45, 7) is 0. The highest BCUT2D eigenvalue weighted by Gasteiger charge is 2.05. The maximum atomic E-state index is 10.3. The predicted octanol–water partition coefficient (Wildman–Crippen LogP) is 1.61. The minimum Gasteiger partial charge on any atom is -0.258 e. The molecule has 0 N–H and O–H groups in total. The van der Waals surface area contributed by atoms with E-state index in [-0.39, 0.29) is 10.7 Å². The fourth-order valence-corrected chi connectivity index (χ4v) is 1.01. The first-order chi connectivity index (χ1) is 6.65. The molecule has 1 aromatic carbocycles. The number of isocyanates is 1. The molecule has 0 aromatic heterocycles. The number of hydrogen-bond donors (Lipinski definition) is 0. The van der Waals surface area contributed by atoms with E-state index in [1.54, 1.807) is 0 Å². The molecule has 0 aliphatic carbocycles. The van der Waals surface area contributed by atoms with E-state index in [1.165, 1.54) is 30.3 Å². The average Bonchev–Trinajstić information content (AvgIpc) is 2.18. The highest BCUT2D eigenvalue weighted by Crippen LogP contribution is 2.12. The SMILES string of the molecule is O=C=NC(=S)c1ccc([N+](=O)[O-])cc1. The molecule has 0 radical (unpaired) electrons. The standard InChI is InChI=1S/C8H4N2O3S/c11-5-9-8(14)6-1-3-7(4-2-6)10(12)13/h1-4H. The number of benzene rings is 1. The number of rotatable bonds is 2. The Labute approximate surface area is 84.2 Å². The molecular weight excluding hydrogens is 204 g/mol. The van der Waals surface area contributed by atoms with Crippen molar-refractivity contribution in [2.75, 3.05) is 0 Å². The Bertz CT molecular complexity index is 421. The van der Waals surface area contributed by atoms with Crippen molar-refractivity contribution in [3.63, 3.8) is 0 Å². The maximum Gasteiger partial charge on any atom is 0.269 e. The summed E-state index contributed by atoms with van der Waals surface area (Å²) in [7, 11) is 0. The zero-order valence-corrected chi connectivity index (χ0v) is 7.65. The van der Waals surface area contributed by atoms with Crippen LogP contribution in [0.15, 0.2) is 29.3 Å².